The highest BCUT2D eigenvalue weighted by Crippen LogP contribution is 2.37. The molecule has 3 rings (SSSR count). The van der Waals surface area contributed by atoms with E-state index in [-0.39, 0.29) is 12.2 Å². The van der Waals surface area contributed by atoms with Crippen LogP contribution >= 0.6 is 0 Å². The van der Waals surface area contributed by atoms with Gasteiger partial charge in [-0.05, 0) is 95.3 Å². The number of ether oxygens (including phenoxy) is 5. The first-order valence-corrected chi connectivity index (χ1v) is 13.0. The van der Waals surface area contributed by atoms with Crippen LogP contribution in [0, 0.1) is 26.6 Å². The van der Waals surface area contributed by atoms with Crippen molar-refractivity contribution >= 4 is 18.2 Å². The lowest BCUT2D eigenvalue weighted by molar-refractivity contribution is -0.297. The first-order valence-electron chi connectivity index (χ1n) is 13.0. The quantitative estimate of drug-likeness (QED) is 0.271. The maximum absolute atomic E-state index is 14.0. The van der Waals surface area contributed by atoms with E-state index in [1.807, 2.05) is 32.1 Å². The summed E-state index contributed by atoms with van der Waals surface area (Å²) in [4.78, 5) is 24.6. The zero-order valence-corrected chi connectivity index (χ0v) is 24.1. The van der Waals surface area contributed by atoms with E-state index in [2.05, 4.69) is 12.1 Å². The molecule has 0 radical (unpaired) electrons. The molecule has 1 fully saturated rings. The summed E-state index contributed by atoms with van der Waals surface area (Å²) in [6, 6.07) is 9.19. The number of esters is 1. The molecular formula is C31H39FO7. The molecule has 1 atom stereocenters. The average molecular weight is 543 g/mol. The molecule has 2 aromatic rings. The molecule has 1 aliphatic heterocycles. The first-order chi connectivity index (χ1) is 18.1. The Bertz CT molecular complexity index is 1240. The van der Waals surface area contributed by atoms with Crippen molar-refractivity contribution < 1.29 is 37.7 Å². The standard InChI is InChI=1S/C31H39FO7/c1-20-15-21(2)24(25(16-20)23-9-10-26(32)22(3)17-23)11-12-31(13-14-37-30(7,8)39-31)18-27(33)35-19-36-28(34)38-29(4,5)6/h9-12,15-17H,13-14,18-19H2,1-8H3/t31-/m1/s1. The van der Waals surface area contributed by atoms with Gasteiger partial charge in [0.2, 0.25) is 6.79 Å². The van der Waals surface area contributed by atoms with Crippen molar-refractivity contribution in [3.05, 3.63) is 64.5 Å². The third kappa shape index (κ3) is 8.63. The predicted molar refractivity (Wildman–Crippen MR) is 146 cm³/mol. The summed E-state index contributed by atoms with van der Waals surface area (Å²) in [5.74, 6) is -1.79. The molecule has 39 heavy (non-hydrogen) atoms. The van der Waals surface area contributed by atoms with E-state index >= 15 is 0 Å². The average Bonchev–Trinajstić information content (AvgIpc) is 2.78. The molecule has 2 aromatic carbocycles. The largest absolute Gasteiger partial charge is 0.511 e. The maximum Gasteiger partial charge on any atom is 0.511 e. The van der Waals surface area contributed by atoms with E-state index in [4.69, 9.17) is 23.7 Å². The number of hydrogen-bond acceptors (Lipinski definition) is 7. The fourth-order valence-corrected chi connectivity index (χ4v) is 4.54. The van der Waals surface area contributed by atoms with Gasteiger partial charge in [0, 0.05) is 6.42 Å². The van der Waals surface area contributed by atoms with Gasteiger partial charge in [0.15, 0.2) is 5.79 Å². The Balaban J connectivity index is 1.87. The Morgan fingerprint density at radius 2 is 1.77 bits per heavy atom. The number of carbonyl (C=O) groups excluding carboxylic acids is 2. The molecule has 8 heteroatoms. The van der Waals surface area contributed by atoms with E-state index in [9.17, 15) is 14.0 Å². The second-order valence-electron chi connectivity index (χ2n) is 11.4. The van der Waals surface area contributed by atoms with Gasteiger partial charge in [0.25, 0.3) is 0 Å². The Morgan fingerprint density at radius 3 is 2.41 bits per heavy atom. The van der Waals surface area contributed by atoms with Gasteiger partial charge in [-0.2, -0.15) is 0 Å². The number of carbonyl (C=O) groups is 2. The van der Waals surface area contributed by atoms with Gasteiger partial charge in [-0.1, -0.05) is 35.9 Å². The Kier molecular flexibility index (Phi) is 9.23. The van der Waals surface area contributed by atoms with Crippen LogP contribution in [0.25, 0.3) is 17.2 Å². The maximum atomic E-state index is 14.0. The highest BCUT2D eigenvalue weighted by atomic mass is 19.1. The molecule has 1 aliphatic rings. The van der Waals surface area contributed by atoms with Crippen LogP contribution in [0.2, 0.25) is 0 Å². The molecule has 0 unspecified atom stereocenters. The van der Waals surface area contributed by atoms with E-state index in [1.54, 1.807) is 47.6 Å². The van der Waals surface area contributed by atoms with Crippen molar-refractivity contribution in [2.24, 2.45) is 0 Å². The molecule has 1 heterocycles. The lowest BCUT2D eigenvalue weighted by Gasteiger charge is -2.43. The third-order valence-corrected chi connectivity index (χ3v) is 6.21. The third-order valence-electron chi connectivity index (χ3n) is 6.21. The van der Waals surface area contributed by atoms with Crippen molar-refractivity contribution in [3.63, 3.8) is 0 Å². The summed E-state index contributed by atoms with van der Waals surface area (Å²) < 4.78 is 41.1. The Labute approximate surface area is 230 Å². The van der Waals surface area contributed by atoms with Gasteiger partial charge in [0.05, 0.1) is 13.0 Å². The van der Waals surface area contributed by atoms with Crippen molar-refractivity contribution in [2.45, 2.75) is 85.2 Å². The van der Waals surface area contributed by atoms with Crippen molar-refractivity contribution in [1.29, 1.82) is 0 Å². The molecule has 0 spiro atoms. The summed E-state index contributed by atoms with van der Waals surface area (Å²) in [5.41, 5.74) is 3.67. The van der Waals surface area contributed by atoms with Gasteiger partial charge in [-0.25, -0.2) is 9.18 Å². The molecule has 1 saturated heterocycles. The van der Waals surface area contributed by atoms with E-state index < -0.39 is 35.9 Å². The number of halogens is 1. The minimum atomic E-state index is -1.03. The molecule has 0 saturated carbocycles. The van der Waals surface area contributed by atoms with Crippen LogP contribution in [0.3, 0.4) is 0 Å². The van der Waals surface area contributed by atoms with Crippen molar-refractivity contribution in [1.82, 2.24) is 0 Å². The molecular weight excluding hydrogens is 503 g/mol. The first kappa shape index (κ1) is 30.3. The number of rotatable bonds is 7. The minimum Gasteiger partial charge on any atom is -0.428 e. The van der Waals surface area contributed by atoms with Crippen LogP contribution in [-0.2, 0) is 28.5 Å². The highest BCUT2D eigenvalue weighted by molar-refractivity contribution is 5.79. The normalized spacial score (nSPS) is 19.1. The summed E-state index contributed by atoms with van der Waals surface area (Å²) in [6.45, 7) is 14.3. The SMILES string of the molecule is Cc1cc(C)c(C=C[C@]2(CC(=O)OCOC(=O)OC(C)(C)C)CCOC(C)(C)O2)c(-c2ccc(F)c(C)c2)c1. The molecule has 7 nitrogen and oxygen atoms in total. The molecule has 0 aliphatic carbocycles. The summed E-state index contributed by atoms with van der Waals surface area (Å²) in [7, 11) is 0. The number of hydrogen-bond donors (Lipinski definition) is 0. The van der Waals surface area contributed by atoms with Crippen LogP contribution in [0.1, 0.15) is 69.7 Å². The highest BCUT2D eigenvalue weighted by Gasteiger charge is 2.42. The molecule has 0 bridgehead atoms. The van der Waals surface area contributed by atoms with Gasteiger partial charge in [-0.3, -0.25) is 4.79 Å². The van der Waals surface area contributed by atoms with Crippen molar-refractivity contribution in [3.8, 4) is 11.1 Å². The monoisotopic (exact) mass is 542 g/mol. The van der Waals surface area contributed by atoms with Crippen LogP contribution in [0.15, 0.2) is 36.4 Å². The van der Waals surface area contributed by atoms with Gasteiger partial charge >= 0.3 is 12.1 Å². The van der Waals surface area contributed by atoms with Gasteiger partial charge in [0.1, 0.15) is 17.0 Å². The fourth-order valence-electron chi connectivity index (χ4n) is 4.54. The Morgan fingerprint density at radius 1 is 1.05 bits per heavy atom. The lowest BCUT2D eigenvalue weighted by atomic mass is 9.89. The van der Waals surface area contributed by atoms with E-state index in [0.717, 1.165) is 27.8 Å². The lowest BCUT2D eigenvalue weighted by Crippen LogP contribution is -2.49. The summed E-state index contributed by atoms with van der Waals surface area (Å²) in [6.07, 6.45) is 3.17. The second kappa shape index (κ2) is 11.9. The number of benzene rings is 2. The predicted octanol–water partition coefficient (Wildman–Crippen LogP) is 7.19. The molecule has 0 aromatic heterocycles. The fraction of sp³-hybridized carbons (Fsp3) is 0.484. The van der Waals surface area contributed by atoms with Crippen LogP contribution in [0.4, 0.5) is 9.18 Å². The zero-order chi connectivity index (χ0) is 29.0. The van der Waals surface area contributed by atoms with Gasteiger partial charge < -0.3 is 23.7 Å². The van der Waals surface area contributed by atoms with Crippen LogP contribution in [-0.4, -0.2) is 42.5 Å². The summed E-state index contributed by atoms with van der Waals surface area (Å²) >= 11 is 0. The topological polar surface area (TPSA) is 80.3 Å². The minimum absolute atomic E-state index is 0.121. The Hall–Kier alpha value is -3.23. The summed E-state index contributed by atoms with van der Waals surface area (Å²) in [5, 5.41) is 0. The van der Waals surface area contributed by atoms with Gasteiger partial charge in [-0.15, -0.1) is 0 Å². The van der Waals surface area contributed by atoms with Crippen molar-refractivity contribution in [2.75, 3.05) is 13.4 Å². The van der Waals surface area contributed by atoms with E-state index in [0.29, 0.717) is 18.6 Å². The van der Waals surface area contributed by atoms with E-state index in [1.165, 1.54) is 6.07 Å². The molecule has 212 valence electrons. The van der Waals surface area contributed by atoms with Crippen LogP contribution in [0.5, 0.6) is 0 Å². The molecule has 0 N–H and O–H groups in total. The molecule has 0 amide bonds. The number of aryl methyl sites for hydroxylation is 3. The van der Waals surface area contributed by atoms with Crippen LogP contribution < -0.4 is 0 Å². The second-order valence-corrected chi connectivity index (χ2v) is 11.4. The smallest absolute Gasteiger partial charge is 0.428 e. The zero-order valence-electron chi connectivity index (χ0n) is 24.1.